The van der Waals surface area contributed by atoms with Crippen LogP contribution in [0.25, 0.3) is 0 Å². The summed E-state index contributed by atoms with van der Waals surface area (Å²) in [6, 6.07) is 6.92. The van der Waals surface area contributed by atoms with E-state index in [-0.39, 0.29) is 11.9 Å². The lowest BCUT2D eigenvalue weighted by Crippen LogP contribution is -2.03. The fraction of sp³-hybridized carbons (Fsp3) is 0.333. The number of para-hydroxylation sites is 2. The number of epoxide rings is 1. The molecule has 0 radical (unpaired) electrons. The SMILES string of the molecule is Oc1ccccc1OCC1CO1. The molecule has 3 heteroatoms. The molecule has 1 aromatic carbocycles. The maximum absolute atomic E-state index is 9.28. The number of benzene rings is 1. The molecule has 2 rings (SSSR count). The molecule has 0 aromatic heterocycles. The minimum atomic E-state index is 0.179. The smallest absolute Gasteiger partial charge is 0.161 e. The molecule has 1 atom stereocenters. The summed E-state index contributed by atoms with van der Waals surface area (Å²) in [7, 11) is 0. The molecule has 1 saturated heterocycles. The summed E-state index contributed by atoms with van der Waals surface area (Å²) >= 11 is 0. The van der Waals surface area contributed by atoms with Crippen molar-refractivity contribution in [3.05, 3.63) is 24.3 Å². The molecular formula is C9H10O3. The standard InChI is InChI=1S/C9H10O3/c10-8-3-1-2-4-9(8)12-6-7-5-11-7/h1-4,7,10H,5-6H2. The molecule has 0 saturated carbocycles. The van der Waals surface area contributed by atoms with E-state index in [0.717, 1.165) is 6.61 Å². The van der Waals surface area contributed by atoms with Gasteiger partial charge in [-0.05, 0) is 12.1 Å². The molecular weight excluding hydrogens is 156 g/mol. The first kappa shape index (κ1) is 7.43. The number of rotatable bonds is 3. The fourth-order valence-corrected chi connectivity index (χ4v) is 0.926. The van der Waals surface area contributed by atoms with Gasteiger partial charge in [-0.15, -0.1) is 0 Å². The van der Waals surface area contributed by atoms with Gasteiger partial charge >= 0.3 is 0 Å². The first-order valence-corrected chi connectivity index (χ1v) is 3.88. The van der Waals surface area contributed by atoms with Gasteiger partial charge in [-0.25, -0.2) is 0 Å². The molecule has 1 aromatic rings. The van der Waals surface area contributed by atoms with Gasteiger partial charge in [-0.2, -0.15) is 0 Å². The van der Waals surface area contributed by atoms with E-state index in [9.17, 15) is 5.11 Å². The van der Waals surface area contributed by atoms with Gasteiger partial charge in [0.05, 0.1) is 6.61 Å². The Kier molecular flexibility index (Phi) is 1.87. The molecule has 1 aliphatic rings. The number of phenols is 1. The van der Waals surface area contributed by atoms with Crippen molar-refractivity contribution in [1.29, 1.82) is 0 Å². The summed E-state index contributed by atoms with van der Waals surface area (Å²) in [6.45, 7) is 1.30. The second-order valence-corrected chi connectivity index (χ2v) is 2.73. The maximum atomic E-state index is 9.28. The third-order valence-electron chi connectivity index (χ3n) is 1.69. The highest BCUT2D eigenvalue weighted by atomic mass is 16.6. The molecule has 1 fully saturated rings. The lowest BCUT2D eigenvalue weighted by molar-refractivity contribution is 0.254. The van der Waals surface area contributed by atoms with Crippen LogP contribution in [0.15, 0.2) is 24.3 Å². The highest BCUT2D eigenvalue weighted by Gasteiger charge is 2.23. The molecule has 1 heterocycles. The van der Waals surface area contributed by atoms with Crippen molar-refractivity contribution in [3.8, 4) is 11.5 Å². The Morgan fingerprint density at radius 1 is 1.50 bits per heavy atom. The quantitative estimate of drug-likeness (QED) is 0.685. The van der Waals surface area contributed by atoms with E-state index in [1.54, 1.807) is 18.2 Å². The van der Waals surface area contributed by atoms with Crippen molar-refractivity contribution in [2.75, 3.05) is 13.2 Å². The Labute approximate surface area is 70.5 Å². The minimum absolute atomic E-state index is 0.179. The summed E-state index contributed by atoms with van der Waals surface area (Å²) in [5.74, 6) is 0.700. The van der Waals surface area contributed by atoms with E-state index < -0.39 is 0 Å². The van der Waals surface area contributed by atoms with Crippen LogP contribution in [-0.4, -0.2) is 24.4 Å². The molecule has 0 spiro atoms. The van der Waals surface area contributed by atoms with Crippen molar-refractivity contribution >= 4 is 0 Å². The molecule has 0 bridgehead atoms. The summed E-state index contributed by atoms with van der Waals surface area (Å²) < 4.78 is 10.2. The average Bonchev–Trinajstić information content (AvgIpc) is 2.86. The summed E-state index contributed by atoms with van der Waals surface area (Å²) in [4.78, 5) is 0. The summed E-state index contributed by atoms with van der Waals surface area (Å²) in [6.07, 6.45) is 0.226. The Balaban J connectivity index is 1.96. The Morgan fingerprint density at radius 3 is 2.92 bits per heavy atom. The van der Waals surface area contributed by atoms with Crippen LogP contribution < -0.4 is 4.74 Å². The molecule has 12 heavy (non-hydrogen) atoms. The monoisotopic (exact) mass is 166 g/mol. The first-order valence-electron chi connectivity index (χ1n) is 3.88. The average molecular weight is 166 g/mol. The van der Waals surface area contributed by atoms with E-state index in [4.69, 9.17) is 9.47 Å². The van der Waals surface area contributed by atoms with Crippen molar-refractivity contribution < 1.29 is 14.6 Å². The van der Waals surface area contributed by atoms with Crippen molar-refractivity contribution in [2.45, 2.75) is 6.10 Å². The second kappa shape index (κ2) is 3.03. The lowest BCUT2D eigenvalue weighted by Gasteiger charge is -2.04. The highest BCUT2D eigenvalue weighted by molar-refractivity contribution is 5.37. The van der Waals surface area contributed by atoms with Gasteiger partial charge in [0.15, 0.2) is 11.5 Å². The Hall–Kier alpha value is -1.22. The van der Waals surface area contributed by atoms with Gasteiger partial charge in [-0.3, -0.25) is 0 Å². The fourth-order valence-electron chi connectivity index (χ4n) is 0.926. The molecule has 1 N–H and O–H groups in total. The normalized spacial score (nSPS) is 20.5. The van der Waals surface area contributed by atoms with Crippen molar-refractivity contribution in [1.82, 2.24) is 0 Å². The molecule has 64 valence electrons. The summed E-state index contributed by atoms with van der Waals surface area (Å²) in [5, 5.41) is 9.28. The zero-order valence-electron chi connectivity index (χ0n) is 6.56. The lowest BCUT2D eigenvalue weighted by atomic mass is 10.3. The number of ether oxygens (including phenoxy) is 2. The minimum Gasteiger partial charge on any atom is -0.504 e. The van der Waals surface area contributed by atoms with Crippen LogP contribution >= 0.6 is 0 Å². The predicted octanol–water partition coefficient (Wildman–Crippen LogP) is 1.17. The van der Waals surface area contributed by atoms with Crippen molar-refractivity contribution in [3.63, 3.8) is 0 Å². The molecule has 1 unspecified atom stereocenters. The van der Waals surface area contributed by atoms with Crippen LogP contribution in [0.4, 0.5) is 0 Å². The summed E-state index contributed by atoms with van der Waals surface area (Å²) in [5.41, 5.74) is 0. The second-order valence-electron chi connectivity index (χ2n) is 2.73. The number of hydrogen-bond acceptors (Lipinski definition) is 3. The van der Waals surface area contributed by atoms with E-state index in [1.165, 1.54) is 0 Å². The van der Waals surface area contributed by atoms with Crippen LogP contribution in [0.5, 0.6) is 11.5 Å². The van der Waals surface area contributed by atoms with Crippen molar-refractivity contribution in [2.24, 2.45) is 0 Å². The molecule has 0 amide bonds. The van der Waals surface area contributed by atoms with Crippen LogP contribution in [0.1, 0.15) is 0 Å². The Bertz CT molecular complexity index is 268. The highest BCUT2D eigenvalue weighted by Crippen LogP contribution is 2.25. The van der Waals surface area contributed by atoms with Crippen LogP contribution in [0.2, 0.25) is 0 Å². The largest absolute Gasteiger partial charge is 0.504 e. The third kappa shape index (κ3) is 1.68. The van der Waals surface area contributed by atoms with E-state index in [2.05, 4.69) is 0 Å². The van der Waals surface area contributed by atoms with Crippen LogP contribution in [0, 0.1) is 0 Å². The maximum Gasteiger partial charge on any atom is 0.161 e. The molecule has 0 aliphatic carbocycles. The number of hydrogen-bond donors (Lipinski definition) is 1. The van der Waals surface area contributed by atoms with E-state index in [1.807, 2.05) is 6.07 Å². The van der Waals surface area contributed by atoms with Gasteiger partial charge < -0.3 is 14.6 Å². The number of phenolic OH excluding ortho intramolecular Hbond substituents is 1. The van der Waals surface area contributed by atoms with Gasteiger partial charge in [-0.1, -0.05) is 12.1 Å². The topological polar surface area (TPSA) is 42.0 Å². The third-order valence-corrected chi connectivity index (χ3v) is 1.69. The predicted molar refractivity (Wildman–Crippen MR) is 43.3 cm³/mol. The molecule has 1 aliphatic heterocycles. The van der Waals surface area contributed by atoms with Crippen LogP contribution in [0.3, 0.4) is 0 Å². The Morgan fingerprint density at radius 2 is 2.25 bits per heavy atom. The first-order chi connectivity index (χ1) is 5.86. The zero-order valence-corrected chi connectivity index (χ0v) is 6.56. The van der Waals surface area contributed by atoms with Gasteiger partial charge in [0.2, 0.25) is 0 Å². The van der Waals surface area contributed by atoms with Gasteiger partial charge in [0.25, 0.3) is 0 Å². The molecule has 3 nitrogen and oxygen atoms in total. The van der Waals surface area contributed by atoms with E-state index >= 15 is 0 Å². The van der Waals surface area contributed by atoms with Crippen LogP contribution in [-0.2, 0) is 4.74 Å². The van der Waals surface area contributed by atoms with Gasteiger partial charge in [0.1, 0.15) is 12.7 Å². The van der Waals surface area contributed by atoms with Gasteiger partial charge in [0, 0.05) is 0 Å². The number of aromatic hydroxyl groups is 1. The van der Waals surface area contributed by atoms with E-state index in [0.29, 0.717) is 12.4 Å². The zero-order chi connectivity index (χ0) is 8.39.